The van der Waals surface area contributed by atoms with Gasteiger partial charge < -0.3 is 30.2 Å². The van der Waals surface area contributed by atoms with Crippen molar-refractivity contribution in [2.75, 3.05) is 20.3 Å². The average molecular weight is 487 g/mol. The fourth-order valence-corrected chi connectivity index (χ4v) is 4.18. The molecule has 3 heterocycles. The standard InChI is InChI=1S/C23H26FN5O6/c1-14-3-4-15(9-17(14)24)34-12-18(30)27-22-5-7-23(8-6-22,29-20(22)32)28-19(31)13-35-16-10-25-21(33-2)26-11-16/h3-4,9-11H,5-8,12-13H2,1-2H3,(H,27,30)(H,28,31)(H,29,32). The number of hydrogen-bond donors (Lipinski definition) is 3. The number of fused-ring (bicyclic) bond motifs is 3. The van der Waals surface area contributed by atoms with Crippen LogP contribution in [0.3, 0.4) is 0 Å². The molecule has 1 aromatic heterocycles. The lowest BCUT2D eigenvalue weighted by molar-refractivity contribution is -0.147. The van der Waals surface area contributed by atoms with Crippen molar-refractivity contribution in [1.82, 2.24) is 25.9 Å². The number of aromatic nitrogens is 2. The molecule has 2 aliphatic heterocycles. The van der Waals surface area contributed by atoms with E-state index < -0.39 is 28.8 Å². The monoisotopic (exact) mass is 487 g/mol. The lowest BCUT2D eigenvalue weighted by atomic mass is 9.71. The predicted molar refractivity (Wildman–Crippen MR) is 119 cm³/mol. The molecule has 1 aromatic carbocycles. The minimum Gasteiger partial charge on any atom is -0.484 e. The van der Waals surface area contributed by atoms with E-state index in [9.17, 15) is 18.8 Å². The molecule has 0 atom stereocenters. The van der Waals surface area contributed by atoms with E-state index in [1.54, 1.807) is 19.1 Å². The highest BCUT2D eigenvalue weighted by molar-refractivity contribution is 5.94. The number of piperidine rings is 2. The first-order chi connectivity index (χ1) is 16.7. The van der Waals surface area contributed by atoms with Crippen molar-refractivity contribution >= 4 is 17.7 Å². The second kappa shape index (κ2) is 9.72. The van der Waals surface area contributed by atoms with Gasteiger partial charge in [-0.1, -0.05) is 6.07 Å². The molecule has 11 nitrogen and oxygen atoms in total. The summed E-state index contributed by atoms with van der Waals surface area (Å²) in [5, 5.41) is 8.43. The molecule has 0 unspecified atom stereocenters. The van der Waals surface area contributed by atoms with Gasteiger partial charge in [-0.3, -0.25) is 14.4 Å². The number of amides is 3. The molecule has 0 radical (unpaired) electrons. The van der Waals surface area contributed by atoms with Crippen LogP contribution in [-0.4, -0.2) is 59.2 Å². The van der Waals surface area contributed by atoms with Crippen molar-refractivity contribution in [3.8, 4) is 17.5 Å². The van der Waals surface area contributed by atoms with Gasteiger partial charge >= 0.3 is 6.01 Å². The van der Waals surface area contributed by atoms with Crippen molar-refractivity contribution < 1.29 is 33.0 Å². The Morgan fingerprint density at radius 2 is 1.66 bits per heavy atom. The zero-order chi connectivity index (χ0) is 25.1. The van der Waals surface area contributed by atoms with Gasteiger partial charge in [0.05, 0.1) is 19.5 Å². The summed E-state index contributed by atoms with van der Waals surface area (Å²) in [6, 6.07) is 4.51. The number of aryl methyl sites for hydroxylation is 1. The van der Waals surface area contributed by atoms with E-state index in [4.69, 9.17) is 14.2 Å². The summed E-state index contributed by atoms with van der Waals surface area (Å²) in [5.74, 6) is -1.20. The maximum atomic E-state index is 13.7. The van der Waals surface area contributed by atoms with Crippen molar-refractivity contribution in [3.05, 3.63) is 42.0 Å². The maximum Gasteiger partial charge on any atom is 0.316 e. The molecular weight excluding hydrogens is 461 g/mol. The maximum absolute atomic E-state index is 13.7. The topological polar surface area (TPSA) is 141 Å². The van der Waals surface area contributed by atoms with Crippen LogP contribution in [0.15, 0.2) is 30.6 Å². The highest BCUT2D eigenvalue weighted by Gasteiger charge is 2.55. The molecule has 0 spiro atoms. The van der Waals surface area contributed by atoms with E-state index in [0.29, 0.717) is 37.0 Å². The number of carbonyl (C=O) groups excluding carboxylic acids is 3. The third kappa shape index (κ3) is 5.42. The van der Waals surface area contributed by atoms with Crippen molar-refractivity contribution in [2.45, 2.75) is 43.8 Å². The summed E-state index contributed by atoms with van der Waals surface area (Å²) in [5.41, 5.74) is -1.52. The van der Waals surface area contributed by atoms with Crippen LogP contribution < -0.4 is 30.2 Å². The molecule has 12 heteroatoms. The fourth-order valence-electron chi connectivity index (χ4n) is 4.18. The highest BCUT2D eigenvalue weighted by Crippen LogP contribution is 2.39. The van der Waals surface area contributed by atoms with Crippen LogP contribution in [0, 0.1) is 12.7 Å². The van der Waals surface area contributed by atoms with Gasteiger partial charge in [0.2, 0.25) is 5.91 Å². The Bertz CT molecular complexity index is 1120. The Kier molecular flexibility index (Phi) is 6.72. The van der Waals surface area contributed by atoms with E-state index in [0.717, 1.165) is 0 Å². The summed E-state index contributed by atoms with van der Waals surface area (Å²) in [7, 11) is 1.44. The van der Waals surface area contributed by atoms with Crippen LogP contribution in [0.5, 0.6) is 17.5 Å². The summed E-state index contributed by atoms with van der Waals surface area (Å²) in [4.78, 5) is 45.6. The number of ether oxygens (including phenoxy) is 3. The third-order valence-corrected chi connectivity index (χ3v) is 6.17. The molecule has 2 saturated heterocycles. The molecule has 3 aliphatic rings. The van der Waals surface area contributed by atoms with E-state index >= 15 is 0 Å². The third-order valence-electron chi connectivity index (χ3n) is 6.17. The smallest absolute Gasteiger partial charge is 0.316 e. The van der Waals surface area contributed by atoms with Crippen molar-refractivity contribution in [1.29, 1.82) is 0 Å². The molecule has 5 rings (SSSR count). The van der Waals surface area contributed by atoms with Gasteiger partial charge in [0.1, 0.15) is 22.8 Å². The Hall–Kier alpha value is -3.96. The molecule has 1 saturated carbocycles. The Balaban J connectivity index is 1.27. The molecule has 2 aromatic rings. The minimum absolute atomic E-state index is 0.180. The minimum atomic E-state index is -1.08. The summed E-state index contributed by atoms with van der Waals surface area (Å²) in [6.45, 7) is 0.985. The average Bonchev–Trinajstić information content (AvgIpc) is 2.85. The fraction of sp³-hybridized carbons (Fsp3) is 0.435. The van der Waals surface area contributed by atoms with Crippen LogP contribution in [0.4, 0.5) is 4.39 Å². The first-order valence-electron chi connectivity index (χ1n) is 11.0. The lowest BCUT2D eigenvalue weighted by Crippen LogP contribution is -2.77. The number of carbonyl (C=O) groups is 3. The van der Waals surface area contributed by atoms with Crippen molar-refractivity contribution in [2.24, 2.45) is 0 Å². The molecule has 1 aliphatic carbocycles. The van der Waals surface area contributed by atoms with E-state index in [-0.39, 0.29) is 30.9 Å². The van der Waals surface area contributed by atoms with Crippen LogP contribution in [0.25, 0.3) is 0 Å². The number of benzene rings is 1. The second-order valence-corrected chi connectivity index (χ2v) is 8.61. The number of nitrogens with zero attached hydrogens (tertiary/aromatic N) is 2. The molecule has 35 heavy (non-hydrogen) atoms. The zero-order valence-corrected chi connectivity index (χ0v) is 19.4. The van der Waals surface area contributed by atoms with Gasteiger partial charge in [0.25, 0.3) is 11.8 Å². The van der Waals surface area contributed by atoms with Crippen LogP contribution >= 0.6 is 0 Å². The lowest BCUT2D eigenvalue weighted by Gasteiger charge is -2.52. The Labute approximate surface area is 200 Å². The van der Waals surface area contributed by atoms with Gasteiger partial charge in [0.15, 0.2) is 19.0 Å². The number of hydrogen-bond acceptors (Lipinski definition) is 8. The van der Waals surface area contributed by atoms with E-state index in [1.165, 1.54) is 25.6 Å². The highest BCUT2D eigenvalue weighted by atomic mass is 19.1. The predicted octanol–water partition coefficient (Wildman–Crippen LogP) is 0.762. The van der Waals surface area contributed by atoms with Crippen LogP contribution in [-0.2, 0) is 14.4 Å². The number of nitrogens with one attached hydrogen (secondary N) is 3. The Morgan fingerprint density at radius 3 is 2.26 bits per heavy atom. The van der Waals surface area contributed by atoms with Gasteiger partial charge in [-0.15, -0.1) is 0 Å². The van der Waals surface area contributed by atoms with Gasteiger partial charge in [-0.2, -0.15) is 9.97 Å². The number of rotatable bonds is 9. The summed E-state index contributed by atoms with van der Waals surface area (Å²) < 4.78 is 29.3. The molecule has 3 N–H and O–H groups in total. The first-order valence-corrected chi connectivity index (χ1v) is 11.0. The van der Waals surface area contributed by atoms with E-state index in [1.807, 2.05) is 0 Å². The van der Waals surface area contributed by atoms with Gasteiger partial charge in [-0.05, 0) is 44.2 Å². The van der Waals surface area contributed by atoms with Crippen LogP contribution in [0.2, 0.25) is 0 Å². The van der Waals surface area contributed by atoms with E-state index in [2.05, 4.69) is 25.9 Å². The molecule has 186 valence electrons. The normalized spacial score (nSPS) is 22.7. The van der Waals surface area contributed by atoms with Gasteiger partial charge in [0, 0.05) is 6.07 Å². The Morgan fingerprint density at radius 1 is 1.03 bits per heavy atom. The second-order valence-electron chi connectivity index (χ2n) is 8.61. The molecular formula is C23H26FN5O6. The quantitative estimate of drug-likeness (QED) is 0.471. The SMILES string of the molecule is COc1ncc(OCC(=O)NC23CCC(NC(=O)COc4ccc(C)c(F)c4)(CC2)C(=O)N3)cn1. The van der Waals surface area contributed by atoms with Crippen LogP contribution in [0.1, 0.15) is 31.2 Å². The number of halogens is 1. The number of methoxy groups -OCH3 is 1. The summed E-state index contributed by atoms with van der Waals surface area (Å²) >= 11 is 0. The van der Waals surface area contributed by atoms with Crippen molar-refractivity contribution in [3.63, 3.8) is 0 Å². The largest absolute Gasteiger partial charge is 0.484 e. The molecule has 2 bridgehead atoms. The molecule has 3 amide bonds. The first kappa shape index (κ1) is 24.2. The molecule has 3 fully saturated rings. The summed E-state index contributed by atoms with van der Waals surface area (Å²) in [6.07, 6.45) is 4.32. The zero-order valence-electron chi connectivity index (χ0n) is 19.4. The van der Waals surface area contributed by atoms with Gasteiger partial charge in [-0.25, -0.2) is 4.39 Å².